The monoisotopic (exact) mass is 468 g/mol. The van der Waals surface area contributed by atoms with Crippen LogP contribution in [-0.4, -0.2) is 16.1 Å². The second kappa shape index (κ2) is 7.81. The van der Waals surface area contributed by atoms with Gasteiger partial charge < -0.3 is 11.5 Å². The fraction of sp³-hybridized carbons (Fsp3) is 0.200. The van der Waals surface area contributed by atoms with Gasteiger partial charge in [-0.05, 0) is 36.1 Å². The van der Waals surface area contributed by atoms with Crippen LogP contribution in [0.5, 0.6) is 0 Å². The summed E-state index contributed by atoms with van der Waals surface area (Å²) in [6, 6.07) is 9.87. The maximum Gasteiger partial charge on any atom is 0.395 e. The number of aromatic nitrogens is 2. The second-order valence-corrected chi connectivity index (χ2v) is 9.52. The van der Waals surface area contributed by atoms with E-state index < -0.39 is 18.1 Å². The standard InChI is InChI=1S/C20H16ClF3N4S2/c1-9(20(22,23)24)10-5-6-27-13(7-10)12-4-2-3-11-8-14(29-17(11)12)15(25)16-18(21)30-19(26)28-16/h2-9,15H,25H2,1H3,(H2,26,28). The van der Waals surface area contributed by atoms with E-state index in [1.54, 1.807) is 0 Å². The van der Waals surface area contributed by atoms with Gasteiger partial charge in [-0.2, -0.15) is 13.2 Å². The molecule has 2 atom stereocenters. The van der Waals surface area contributed by atoms with Crippen molar-refractivity contribution >= 4 is 49.5 Å². The Hall–Kier alpha value is -2.20. The van der Waals surface area contributed by atoms with Crippen LogP contribution in [0.1, 0.15) is 35.0 Å². The zero-order valence-electron chi connectivity index (χ0n) is 15.6. The molecule has 0 aliphatic carbocycles. The van der Waals surface area contributed by atoms with Crippen molar-refractivity contribution < 1.29 is 13.2 Å². The Kier molecular flexibility index (Phi) is 5.48. The molecule has 2 unspecified atom stereocenters. The minimum absolute atomic E-state index is 0.169. The van der Waals surface area contributed by atoms with Gasteiger partial charge in [0.2, 0.25) is 0 Å². The van der Waals surface area contributed by atoms with E-state index in [1.165, 1.54) is 29.7 Å². The molecule has 4 rings (SSSR count). The highest BCUT2D eigenvalue weighted by Crippen LogP contribution is 2.41. The summed E-state index contributed by atoms with van der Waals surface area (Å²) in [4.78, 5) is 9.36. The average molecular weight is 469 g/mol. The van der Waals surface area contributed by atoms with Gasteiger partial charge in [0.1, 0.15) is 4.34 Å². The molecule has 0 amide bonds. The lowest BCUT2D eigenvalue weighted by atomic mass is 9.99. The van der Waals surface area contributed by atoms with Gasteiger partial charge in [-0.3, -0.25) is 4.98 Å². The molecule has 3 heterocycles. The van der Waals surface area contributed by atoms with Gasteiger partial charge in [-0.25, -0.2) is 4.98 Å². The number of nitrogens with zero attached hydrogens (tertiary/aromatic N) is 2. The summed E-state index contributed by atoms with van der Waals surface area (Å²) < 4.78 is 40.8. The summed E-state index contributed by atoms with van der Waals surface area (Å²) in [5.74, 6) is -1.58. The highest BCUT2D eigenvalue weighted by molar-refractivity contribution is 7.20. The van der Waals surface area contributed by atoms with E-state index in [1.807, 2.05) is 24.3 Å². The summed E-state index contributed by atoms with van der Waals surface area (Å²) in [5.41, 5.74) is 14.0. The molecule has 0 fully saturated rings. The number of thiophene rings is 1. The van der Waals surface area contributed by atoms with E-state index in [-0.39, 0.29) is 5.56 Å². The van der Waals surface area contributed by atoms with Gasteiger partial charge in [0, 0.05) is 21.3 Å². The largest absolute Gasteiger partial charge is 0.395 e. The molecule has 10 heteroatoms. The zero-order valence-corrected chi connectivity index (χ0v) is 18.0. The van der Waals surface area contributed by atoms with Crippen molar-refractivity contribution in [3.8, 4) is 11.3 Å². The maximum atomic E-state index is 13.2. The number of benzene rings is 1. The molecule has 4 nitrogen and oxygen atoms in total. The van der Waals surface area contributed by atoms with Crippen LogP contribution in [0.2, 0.25) is 4.34 Å². The highest BCUT2D eigenvalue weighted by atomic mass is 35.5. The van der Waals surface area contributed by atoms with Crippen molar-refractivity contribution in [2.75, 3.05) is 5.73 Å². The zero-order chi connectivity index (χ0) is 21.6. The molecule has 30 heavy (non-hydrogen) atoms. The molecule has 0 saturated carbocycles. The summed E-state index contributed by atoms with van der Waals surface area (Å²) in [6.07, 6.45) is -2.91. The van der Waals surface area contributed by atoms with E-state index in [0.717, 1.165) is 38.8 Å². The van der Waals surface area contributed by atoms with Crippen LogP contribution in [0.25, 0.3) is 21.3 Å². The van der Waals surface area contributed by atoms with Crippen LogP contribution in [0, 0.1) is 0 Å². The Morgan fingerprint density at radius 1 is 1.13 bits per heavy atom. The first-order chi connectivity index (χ1) is 14.1. The number of alkyl halides is 3. The number of halogens is 4. The molecule has 1 aromatic carbocycles. The lowest BCUT2D eigenvalue weighted by Crippen LogP contribution is -2.17. The first kappa shape index (κ1) is 21.0. The molecule has 0 aliphatic rings. The van der Waals surface area contributed by atoms with Gasteiger partial charge in [-0.1, -0.05) is 41.1 Å². The van der Waals surface area contributed by atoms with Gasteiger partial charge in [0.15, 0.2) is 5.13 Å². The molecule has 0 bridgehead atoms. The summed E-state index contributed by atoms with van der Waals surface area (Å²) >= 11 is 8.80. The third-order valence-corrected chi connectivity index (χ3v) is 7.22. The molecular formula is C20H16ClF3N4S2. The fourth-order valence-corrected chi connectivity index (χ4v) is 5.34. The Bertz CT molecular complexity index is 1220. The summed E-state index contributed by atoms with van der Waals surface area (Å²) in [5, 5.41) is 1.25. The van der Waals surface area contributed by atoms with Crippen molar-refractivity contribution in [3.05, 3.63) is 63.1 Å². The molecule has 156 valence electrons. The van der Waals surface area contributed by atoms with Crippen LogP contribution in [0.4, 0.5) is 18.3 Å². The number of anilines is 1. The average Bonchev–Trinajstić information content (AvgIpc) is 3.28. The Morgan fingerprint density at radius 2 is 1.90 bits per heavy atom. The lowest BCUT2D eigenvalue weighted by Gasteiger charge is -2.16. The third kappa shape index (κ3) is 3.90. The predicted molar refractivity (Wildman–Crippen MR) is 117 cm³/mol. The topological polar surface area (TPSA) is 77.8 Å². The molecule has 0 aliphatic heterocycles. The predicted octanol–water partition coefficient (Wildman–Crippen LogP) is 6.37. The SMILES string of the molecule is CC(c1ccnc(-c2cccc3cc(C(N)c4nc(N)sc4Cl)sc23)c1)C(F)(F)F. The lowest BCUT2D eigenvalue weighted by molar-refractivity contribution is -0.146. The molecular weight excluding hydrogens is 453 g/mol. The van der Waals surface area contributed by atoms with E-state index in [0.29, 0.717) is 20.9 Å². The molecule has 4 N–H and O–H groups in total. The second-order valence-electron chi connectivity index (χ2n) is 6.80. The van der Waals surface area contributed by atoms with Gasteiger partial charge in [-0.15, -0.1) is 11.3 Å². The first-order valence-electron chi connectivity index (χ1n) is 8.88. The number of nitrogens with two attached hydrogens (primary N) is 2. The van der Waals surface area contributed by atoms with Crippen LogP contribution < -0.4 is 11.5 Å². The van der Waals surface area contributed by atoms with E-state index in [4.69, 9.17) is 23.1 Å². The van der Waals surface area contributed by atoms with Crippen molar-refractivity contribution in [1.82, 2.24) is 9.97 Å². The smallest absolute Gasteiger partial charge is 0.375 e. The van der Waals surface area contributed by atoms with Crippen LogP contribution >= 0.6 is 34.3 Å². The number of thiazole rings is 1. The molecule has 4 aromatic rings. The minimum atomic E-state index is -4.32. The van der Waals surface area contributed by atoms with Gasteiger partial charge in [0.25, 0.3) is 0 Å². The Labute approximate surface area is 183 Å². The summed E-state index contributed by atoms with van der Waals surface area (Å²) in [6.45, 7) is 1.14. The van der Waals surface area contributed by atoms with E-state index in [9.17, 15) is 13.2 Å². The number of fused-ring (bicyclic) bond motifs is 1. The fourth-order valence-electron chi connectivity index (χ4n) is 3.15. The Morgan fingerprint density at radius 3 is 2.57 bits per heavy atom. The van der Waals surface area contributed by atoms with Crippen LogP contribution in [0.15, 0.2) is 42.6 Å². The minimum Gasteiger partial charge on any atom is -0.375 e. The van der Waals surface area contributed by atoms with E-state index >= 15 is 0 Å². The maximum absolute atomic E-state index is 13.2. The van der Waals surface area contributed by atoms with Crippen molar-refractivity contribution in [1.29, 1.82) is 0 Å². The third-order valence-electron chi connectivity index (χ3n) is 4.84. The number of rotatable bonds is 4. The van der Waals surface area contributed by atoms with Crippen molar-refractivity contribution in [3.63, 3.8) is 0 Å². The number of nitrogen functional groups attached to an aromatic ring is 1. The van der Waals surface area contributed by atoms with Gasteiger partial charge in [0.05, 0.1) is 23.3 Å². The number of pyridine rings is 1. The van der Waals surface area contributed by atoms with Crippen LogP contribution in [-0.2, 0) is 0 Å². The molecule has 0 spiro atoms. The normalized spacial score (nSPS) is 14.2. The van der Waals surface area contributed by atoms with Crippen LogP contribution in [0.3, 0.4) is 0 Å². The van der Waals surface area contributed by atoms with E-state index in [2.05, 4.69) is 9.97 Å². The molecule has 0 radical (unpaired) electrons. The first-order valence-corrected chi connectivity index (χ1v) is 10.9. The molecule has 0 saturated heterocycles. The number of hydrogen-bond donors (Lipinski definition) is 2. The molecule has 3 aromatic heterocycles. The van der Waals surface area contributed by atoms with Gasteiger partial charge >= 0.3 is 6.18 Å². The quantitative estimate of drug-likeness (QED) is 0.365. The van der Waals surface area contributed by atoms with Crippen molar-refractivity contribution in [2.24, 2.45) is 5.73 Å². The Balaban J connectivity index is 1.78. The van der Waals surface area contributed by atoms with Crippen molar-refractivity contribution in [2.45, 2.75) is 25.1 Å². The summed E-state index contributed by atoms with van der Waals surface area (Å²) in [7, 11) is 0. The number of hydrogen-bond acceptors (Lipinski definition) is 6. The highest BCUT2D eigenvalue weighted by Gasteiger charge is 2.37.